The van der Waals surface area contributed by atoms with Crippen LogP contribution in [0.5, 0.6) is 17.5 Å². The number of nitrogens with two attached hydrogens (primary N) is 1. The Morgan fingerprint density at radius 1 is 1.05 bits per heavy atom. The Labute approximate surface area is 210 Å². The maximum absolute atomic E-state index is 13.5. The van der Waals surface area contributed by atoms with Crippen LogP contribution >= 0.6 is 0 Å². The molecule has 1 fully saturated rings. The van der Waals surface area contributed by atoms with Crippen LogP contribution in [0.2, 0.25) is 0 Å². The van der Waals surface area contributed by atoms with E-state index in [1.807, 2.05) is 0 Å². The molecule has 0 radical (unpaired) electrons. The summed E-state index contributed by atoms with van der Waals surface area (Å²) in [7, 11) is 0. The van der Waals surface area contributed by atoms with Gasteiger partial charge in [-0.1, -0.05) is 0 Å². The number of rotatable bonds is 5. The van der Waals surface area contributed by atoms with Gasteiger partial charge in [-0.05, 0) is 56.3 Å². The maximum Gasteiger partial charge on any atom is 0.417 e. The van der Waals surface area contributed by atoms with Crippen molar-refractivity contribution in [2.75, 3.05) is 32.0 Å². The van der Waals surface area contributed by atoms with Crippen molar-refractivity contribution in [2.24, 2.45) is 0 Å². The first-order valence-corrected chi connectivity index (χ1v) is 11.6. The first kappa shape index (κ1) is 24.8. The zero-order valence-corrected chi connectivity index (χ0v) is 20.1. The van der Waals surface area contributed by atoms with E-state index in [-0.39, 0.29) is 5.69 Å². The molecular weight excluding hydrogens is 489 g/mol. The third-order valence-electron chi connectivity index (χ3n) is 6.92. The number of aromatic hydroxyl groups is 2. The lowest BCUT2D eigenvalue weighted by molar-refractivity contribution is -0.187. The van der Waals surface area contributed by atoms with E-state index in [0.29, 0.717) is 48.8 Å². The van der Waals surface area contributed by atoms with Gasteiger partial charge in [0.25, 0.3) is 0 Å². The summed E-state index contributed by atoms with van der Waals surface area (Å²) in [4.78, 5) is 2.09. The summed E-state index contributed by atoms with van der Waals surface area (Å²) in [6, 6.07) is 11.6. The van der Waals surface area contributed by atoms with Gasteiger partial charge in [0.05, 0.1) is 34.0 Å². The molecule has 0 spiro atoms. The molecular formula is C26H25F3N4O4. The van der Waals surface area contributed by atoms with Gasteiger partial charge in [0.15, 0.2) is 0 Å². The van der Waals surface area contributed by atoms with E-state index in [1.54, 1.807) is 38.1 Å². The Morgan fingerprint density at radius 3 is 2.19 bits per heavy atom. The Hall–Kier alpha value is -3.88. The summed E-state index contributed by atoms with van der Waals surface area (Å²) >= 11 is 0. The molecule has 0 aliphatic carbocycles. The Bertz CT molecular complexity index is 1370. The van der Waals surface area contributed by atoms with Crippen LogP contribution in [0.3, 0.4) is 0 Å². The van der Waals surface area contributed by atoms with E-state index in [1.165, 1.54) is 12.1 Å². The SMILES string of the molecule is CC12CN(CCOc3ccc(N)cc3)CC(C)(O1)c1c2c(O)n(-c2ccc(C#N)c(C(F)(F)F)c2)c1O. The van der Waals surface area contributed by atoms with Crippen molar-refractivity contribution in [3.63, 3.8) is 0 Å². The molecule has 5 rings (SSSR count). The van der Waals surface area contributed by atoms with E-state index in [4.69, 9.17) is 20.5 Å². The molecule has 0 amide bonds. The number of alkyl halides is 3. The van der Waals surface area contributed by atoms with Crippen LogP contribution in [0.4, 0.5) is 18.9 Å². The topological polar surface area (TPSA) is 117 Å². The number of aromatic nitrogens is 1. The standard InChI is InChI=1S/C26H25F3N4O4/c1-24-13-32(9-10-36-18-7-4-16(31)5-8-18)14-25(2,37-24)21-20(24)22(34)33(23(21)35)17-6-3-15(12-30)19(11-17)26(27,28)29/h3-8,11,34-35H,9-10,13-14,31H2,1-2H3. The lowest BCUT2D eigenvalue weighted by Crippen LogP contribution is -2.52. The second-order valence-corrected chi connectivity index (χ2v) is 9.76. The molecule has 2 aromatic carbocycles. The van der Waals surface area contributed by atoms with Crippen LogP contribution in [0.25, 0.3) is 5.69 Å². The third kappa shape index (κ3) is 4.02. The van der Waals surface area contributed by atoms with Crippen molar-refractivity contribution in [3.05, 3.63) is 64.7 Å². The summed E-state index contributed by atoms with van der Waals surface area (Å²) in [6.07, 6.45) is -4.78. The van der Waals surface area contributed by atoms with E-state index in [2.05, 4.69) is 4.90 Å². The van der Waals surface area contributed by atoms with Crippen LogP contribution in [0.15, 0.2) is 42.5 Å². The van der Waals surface area contributed by atoms with Crippen LogP contribution in [-0.2, 0) is 22.1 Å². The number of anilines is 1. The van der Waals surface area contributed by atoms with Gasteiger partial charge >= 0.3 is 6.18 Å². The van der Waals surface area contributed by atoms with Gasteiger partial charge < -0.3 is 25.4 Å². The summed E-state index contributed by atoms with van der Waals surface area (Å²) < 4.78 is 53.7. The van der Waals surface area contributed by atoms with Gasteiger partial charge in [0.2, 0.25) is 11.8 Å². The smallest absolute Gasteiger partial charge is 0.417 e. The van der Waals surface area contributed by atoms with Gasteiger partial charge in [-0.3, -0.25) is 9.47 Å². The summed E-state index contributed by atoms with van der Waals surface area (Å²) in [5, 5.41) is 31.5. The highest BCUT2D eigenvalue weighted by Gasteiger charge is 2.58. The largest absolute Gasteiger partial charge is 0.494 e. The monoisotopic (exact) mass is 514 g/mol. The number of hydrogen-bond donors (Lipinski definition) is 3. The quantitative estimate of drug-likeness (QED) is 0.437. The lowest BCUT2D eigenvalue weighted by Gasteiger charge is -2.43. The molecule has 2 aliphatic rings. The molecule has 3 aromatic rings. The molecule has 4 N–H and O–H groups in total. The van der Waals surface area contributed by atoms with Crippen molar-refractivity contribution >= 4 is 5.69 Å². The van der Waals surface area contributed by atoms with Crippen LogP contribution in [0, 0.1) is 11.3 Å². The number of ether oxygens (including phenoxy) is 2. The minimum Gasteiger partial charge on any atom is -0.494 e. The number of fused-ring (bicyclic) bond motifs is 5. The number of benzene rings is 2. The highest BCUT2D eigenvalue weighted by molar-refractivity contribution is 5.61. The number of halogens is 3. The number of morpholine rings is 1. The van der Waals surface area contributed by atoms with Crippen molar-refractivity contribution in [3.8, 4) is 29.3 Å². The summed E-state index contributed by atoms with van der Waals surface area (Å²) in [5.41, 5.74) is 3.10. The van der Waals surface area contributed by atoms with E-state index >= 15 is 0 Å². The fraction of sp³-hybridized carbons (Fsp3) is 0.346. The first-order valence-electron chi connectivity index (χ1n) is 11.6. The van der Waals surface area contributed by atoms with Crippen molar-refractivity contribution in [1.29, 1.82) is 5.26 Å². The summed E-state index contributed by atoms with van der Waals surface area (Å²) in [5.74, 6) is -0.134. The lowest BCUT2D eigenvalue weighted by atomic mass is 9.94. The van der Waals surface area contributed by atoms with Gasteiger partial charge in [-0.2, -0.15) is 18.4 Å². The zero-order valence-electron chi connectivity index (χ0n) is 20.1. The molecule has 2 aliphatic heterocycles. The molecule has 37 heavy (non-hydrogen) atoms. The van der Waals surface area contributed by atoms with Crippen molar-refractivity contribution in [1.82, 2.24) is 9.47 Å². The van der Waals surface area contributed by atoms with Gasteiger partial charge in [0, 0.05) is 25.3 Å². The number of nitrogen functional groups attached to an aromatic ring is 1. The molecule has 11 heteroatoms. The predicted octanol–water partition coefficient (Wildman–Crippen LogP) is 4.22. The minimum absolute atomic E-state index is 0.116. The molecule has 1 saturated heterocycles. The van der Waals surface area contributed by atoms with Crippen molar-refractivity contribution < 1.29 is 32.9 Å². The van der Waals surface area contributed by atoms with Crippen LogP contribution < -0.4 is 10.5 Å². The third-order valence-corrected chi connectivity index (χ3v) is 6.92. The molecule has 0 saturated carbocycles. The fourth-order valence-electron chi connectivity index (χ4n) is 5.54. The van der Waals surface area contributed by atoms with Crippen LogP contribution in [0.1, 0.15) is 36.1 Å². The highest BCUT2D eigenvalue weighted by Crippen LogP contribution is 2.59. The molecule has 2 unspecified atom stereocenters. The Kier molecular flexibility index (Phi) is 5.58. The minimum atomic E-state index is -4.78. The normalized spacial score (nSPS) is 23.0. The average molecular weight is 515 g/mol. The number of nitriles is 1. The molecule has 2 atom stereocenters. The van der Waals surface area contributed by atoms with Gasteiger partial charge in [0.1, 0.15) is 23.6 Å². The fourth-order valence-corrected chi connectivity index (χ4v) is 5.54. The average Bonchev–Trinajstić information content (AvgIpc) is 3.19. The second-order valence-electron chi connectivity index (χ2n) is 9.76. The van der Waals surface area contributed by atoms with Crippen molar-refractivity contribution in [2.45, 2.75) is 31.2 Å². The van der Waals surface area contributed by atoms with Gasteiger partial charge in [-0.15, -0.1) is 0 Å². The molecule has 8 nitrogen and oxygen atoms in total. The van der Waals surface area contributed by atoms with Gasteiger partial charge in [-0.25, -0.2) is 0 Å². The summed E-state index contributed by atoms with van der Waals surface area (Å²) in [6.45, 7) is 5.18. The number of hydrogen-bond acceptors (Lipinski definition) is 7. The predicted molar refractivity (Wildman–Crippen MR) is 127 cm³/mol. The highest BCUT2D eigenvalue weighted by atomic mass is 19.4. The zero-order chi connectivity index (χ0) is 26.8. The Balaban J connectivity index is 1.45. The first-order chi connectivity index (χ1) is 17.4. The molecule has 3 heterocycles. The van der Waals surface area contributed by atoms with E-state index < -0.39 is 40.3 Å². The molecule has 194 valence electrons. The van der Waals surface area contributed by atoms with E-state index in [9.17, 15) is 23.4 Å². The maximum atomic E-state index is 13.5. The Morgan fingerprint density at radius 2 is 1.65 bits per heavy atom. The van der Waals surface area contributed by atoms with E-state index in [0.717, 1.165) is 16.7 Å². The van der Waals surface area contributed by atoms with Crippen LogP contribution in [-0.4, -0.2) is 45.9 Å². The molecule has 2 bridgehead atoms. The molecule has 1 aromatic heterocycles. The number of nitrogens with zero attached hydrogens (tertiary/aromatic N) is 3. The second kappa shape index (κ2) is 8.33.